The molecule has 1 spiro atoms. The third-order valence-electron chi connectivity index (χ3n) is 15.9. The molecule has 3 aromatic carbocycles. The van der Waals surface area contributed by atoms with Gasteiger partial charge in [-0.25, -0.2) is 26.5 Å². The zero-order valence-corrected chi connectivity index (χ0v) is 45.0. The summed E-state index contributed by atoms with van der Waals surface area (Å²) in [5.41, 5.74) is -0.368. The summed E-state index contributed by atoms with van der Waals surface area (Å²) in [7, 11) is -11.0. The maximum absolute atomic E-state index is 14.1. The number of sulfonamides is 1. The number of pyridine rings is 1. The van der Waals surface area contributed by atoms with E-state index in [9.17, 15) is 34.8 Å². The number of carbonyl (C=O) groups is 1. The van der Waals surface area contributed by atoms with Gasteiger partial charge in [0.15, 0.2) is 0 Å². The van der Waals surface area contributed by atoms with Crippen molar-refractivity contribution in [1.82, 2.24) is 34.7 Å². The number of amides is 1. The standard InChI is InChI=1S/C54H65ClF3N9O7S2/c1-52(37-66-19-14-53(15-20-66)35-59-36-53)13-11-45(38-3-5-41(55)6-4-38)40(32-52)34-65-21-23-67(24-22-65)42-7-9-46(48(30-42)74-43-29-39-12-17-61-50(39)62-33-43)51(68)63-76(71,72)44-8-10-47(49(31-44)75(69,70)54(56,57)58)60-16-2-18-64-25-27-73-28-26-64/h3-10,12,17,29-31,33,59-60H,2,11,13-16,18-28,32,34-37H2,1H3,(H,61,62)(H,63,68)/t52-/m1/s1. The van der Waals surface area contributed by atoms with E-state index >= 15 is 0 Å². The van der Waals surface area contributed by atoms with Crippen LogP contribution in [0.5, 0.6) is 11.5 Å². The summed E-state index contributed by atoms with van der Waals surface area (Å²) < 4.78 is 110. The molecule has 1 atom stereocenters. The molecule has 0 radical (unpaired) electrons. The number of nitrogens with one attached hydrogen (secondary N) is 4. The van der Waals surface area contributed by atoms with Crippen molar-refractivity contribution in [3.8, 4) is 11.5 Å². The van der Waals surface area contributed by atoms with E-state index in [1.165, 1.54) is 41.8 Å². The van der Waals surface area contributed by atoms with Crippen molar-refractivity contribution in [3.05, 3.63) is 107 Å². The number of hydrogen-bond donors (Lipinski definition) is 4. The molecule has 22 heteroatoms. The van der Waals surface area contributed by atoms with Gasteiger partial charge in [0.1, 0.15) is 22.0 Å². The normalized spacial score (nSPS) is 21.2. The zero-order chi connectivity index (χ0) is 53.3. The second kappa shape index (κ2) is 22.2. The van der Waals surface area contributed by atoms with Crippen LogP contribution in [0.2, 0.25) is 5.02 Å². The van der Waals surface area contributed by atoms with E-state index < -0.39 is 46.8 Å². The zero-order valence-electron chi connectivity index (χ0n) is 42.6. The van der Waals surface area contributed by atoms with E-state index in [1.54, 1.807) is 30.5 Å². The number of nitrogens with zero attached hydrogens (tertiary/aromatic N) is 5. The molecule has 6 heterocycles. The molecule has 0 bridgehead atoms. The van der Waals surface area contributed by atoms with Crippen molar-refractivity contribution in [2.45, 2.75) is 60.7 Å². The maximum atomic E-state index is 14.1. The number of carbonyl (C=O) groups excluding carboxylic acids is 1. The number of alkyl halides is 3. The molecule has 2 aromatic heterocycles. The monoisotopic (exact) mass is 1110 g/mol. The van der Waals surface area contributed by atoms with Gasteiger partial charge in [-0.15, -0.1) is 0 Å². The number of aromatic amines is 1. The maximum Gasteiger partial charge on any atom is 0.501 e. The lowest BCUT2D eigenvalue weighted by Crippen LogP contribution is -2.58. The van der Waals surface area contributed by atoms with Crippen molar-refractivity contribution >= 4 is 65.3 Å². The molecule has 5 aromatic rings. The highest BCUT2D eigenvalue weighted by atomic mass is 35.5. The average molecular weight is 1110 g/mol. The van der Waals surface area contributed by atoms with Crippen molar-refractivity contribution in [1.29, 1.82) is 0 Å². The molecular weight excluding hydrogens is 1040 g/mol. The Labute approximate surface area is 447 Å². The smallest absolute Gasteiger partial charge is 0.455 e. The van der Waals surface area contributed by atoms with E-state index in [0.29, 0.717) is 80.2 Å². The van der Waals surface area contributed by atoms with Gasteiger partial charge in [0, 0.05) is 100 Å². The van der Waals surface area contributed by atoms with Gasteiger partial charge >= 0.3 is 5.51 Å². The lowest BCUT2D eigenvalue weighted by Gasteiger charge is -2.50. The number of rotatable bonds is 17. The van der Waals surface area contributed by atoms with Gasteiger partial charge in [0.25, 0.3) is 25.8 Å². The summed E-state index contributed by atoms with van der Waals surface area (Å²) in [6.07, 6.45) is 9.24. The molecule has 4 saturated heterocycles. The number of halogens is 4. The lowest BCUT2D eigenvalue weighted by molar-refractivity contribution is -0.0435. The summed E-state index contributed by atoms with van der Waals surface area (Å²) in [6, 6.07) is 18.8. The Hall–Kier alpha value is -5.26. The van der Waals surface area contributed by atoms with Crippen molar-refractivity contribution in [3.63, 3.8) is 0 Å². The number of benzene rings is 3. The van der Waals surface area contributed by atoms with E-state index in [2.05, 4.69) is 59.3 Å². The number of allylic oxidation sites excluding steroid dienone is 1. The van der Waals surface area contributed by atoms with Gasteiger partial charge in [-0.05, 0) is 135 Å². The number of likely N-dealkylation sites (tertiary alicyclic amines) is 1. The van der Waals surface area contributed by atoms with Crippen LogP contribution in [-0.4, -0.2) is 158 Å². The number of piperazine rings is 1. The number of anilines is 2. The Balaban J connectivity index is 0.856. The molecule has 1 aliphatic carbocycles. The van der Waals surface area contributed by atoms with Crippen LogP contribution in [0.25, 0.3) is 16.6 Å². The molecule has 408 valence electrons. The van der Waals surface area contributed by atoms with Crippen LogP contribution >= 0.6 is 11.6 Å². The van der Waals surface area contributed by atoms with Crippen LogP contribution in [0.3, 0.4) is 0 Å². The van der Waals surface area contributed by atoms with Crippen LogP contribution in [0.15, 0.2) is 101 Å². The quantitative estimate of drug-likeness (QED) is 0.0658. The van der Waals surface area contributed by atoms with E-state index in [1.807, 2.05) is 16.9 Å². The van der Waals surface area contributed by atoms with Crippen LogP contribution in [0, 0.1) is 10.8 Å². The summed E-state index contributed by atoms with van der Waals surface area (Å²) >= 11 is 6.35. The Morgan fingerprint density at radius 2 is 1.62 bits per heavy atom. The highest BCUT2D eigenvalue weighted by molar-refractivity contribution is 7.92. The number of piperidine rings is 1. The number of fused-ring (bicyclic) bond motifs is 1. The number of hydrogen-bond acceptors (Lipinski definition) is 14. The molecular formula is C54H65ClF3N9O7S2. The van der Waals surface area contributed by atoms with Gasteiger partial charge in [0.05, 0.1) is 35.6 Å². The molecule has 4 N–H and O–H groups in total. The minimum atomic E-state index is -6.05. The Morgan fingerprint density at radius 3 is 2.33 bits per heavy atom. The van der Waals surface area contributed by atoms with Crippen LogP contribution < -0.4 is 25.0 Å². The Bertz CT molecular complexity index is 3170. The largest absolute Gasteiger partial charge is 0.501 e. The van der Waals surface area contributed by atoms with E-state index in [4.69, 9.17) is 21.1 Å². The van der Waals surface area contributed by atoms with E-state index in [0.717, 1.165) is 89.1 Å². The van der Waals surface area contributed by atoms with Gasteiger partial charge in [0.2, 0.25) is 0 Å². The number of aromatic nitrogens is 2. The molecule has 4 fully saturated rings. The molecule has 1 amide bonds. The SMILES string of the molecule is C[C@@]1(CN2CCC3(CC2)CNC3)CCC(c2ccc(Cl)cc2)=C(CN2CCN(c3ccc(C(=O)NS(=O)(=O)c4ccc(NCCCN5CCOCC5)c(S(=O)(=O)C(F)(F)F)c4)c(Oc4cnc5[nH]ccc5c4)c3)CC2)C1. The first-order chi connectivity index (χ1) is 36.3. The lowest BCUT2D eigenvalue weighted by atomic mass is 9.69. The summed E-state index contributed by atoms with van der Waals surface area (Å²) in [5, 5.41) is 7.65. The predicted molar refractivity (Wildman–Crippen MR) is 287 cm³/mol. The number of H-pyrrole nitrogens is 1. The van der Waals surface area contributed by atoms with Gasteiger partial charge < -0.3 is 34.9 Å². The molecule has 4 aliphatic heterocycles. The minimum absolute atomic E-state index is 0.00578. The van der Waals surface area contributed by atoms with Crippen molar-refractivity contribution in [2.24, 2.45) is 10.8 Å². The van der Waals surface area contributed by atoms with Crippen molar-refractivity contribution < 1.29 is 44.3 Å². The Morgan fingerprint density at radius 1 is 0.868 bits per heavy atom. The fraction of sp³-hybridized carbons (Fsp3) is 0.481. The summed E-state index contributed by atoms with van der Waals surface area (Å²) in [5.74, 6) is -0.907. The molecule has 16 nitrogen and oxygen atoms in total. The second-order valence-electron chi connectivity index (χ2n) is 21.4. The van der Waals surface area contributed by atoms with Crippen LogP contribution in [0.4, 0.5) is 24.5 Å². The highest BCUT2D eigenvalue weighted by Crippen LogP contribution is 2.45. The van der Waals surface area contributed by atoms with Gasteiger partial charge in [-0.2, -0.15) is 13.2 Å². The van der Waals surface area contributed by atoms with Crippen molar-refractivity contribution in [2.75, 3.05) is 115 Å². The fourth-order valence-electron chi connectivity index (χ4n) is 11.4. The Kier molecular flexibility index (Phi) is 15.8. The van der Waals surface area contributed by atoms with Crippen LogP contribution in [0.1, 0.15) is 61.4 Å². The third-order valence-corrected chi connectivity index (χ3v) is 19.0. The first-order valence-electron chi connectivity index (χ1n) is 26.0. The molecule has 76 heavy (non-hydrogen) atoms. The predicted octanol–water partition coefficient (Wildman–Crippen LogP) is 8.01. The molecule has 5 aliphatic rings. The molecule has 0 saturated carbocycles. The highest BCUT2D eigenvalue weighted by Gasteiger charge is 2.48. The first-order valence-corrected chi connectivity index (χ1v) is 29.4. The summed E-state index contributed by atoms with van der Waals surface area (Å²) in [6.45, 7) is 14.9. The third kappa shape index (κ3) is 12.2. The van der Waals surface area contributed by atoms with Gasteiger partial charge in [-0.1, -0.05) is 36.2 Å². The number of ether oxygens (including phenoxy) is 2. The number of morpholine rings is 1. The topological polar surface area (TPSA) is 182 Å². The second-order valence-corrected chi connectivity index (χ2v) is 25.4. The summed E-state index contributed by atoms with van der Waals surface area (Å²) in [4.78, 5) is 28.9. The molecule has 10 rings (SSSR count). The fourth-order valence-corrected chi connectivity index (χ4v) is 13.6. The van der Waals surface area contributed by atoms with Gasteiger partial charge in [-0.3, -0.25) is 14.6 Å². The minimum Gasteiger partial charge on any atom is -0.455 e. The first kappa shape index (κ1) is 54.1. The van der Waals surface area contributed by atoms with E-state index in [-0.39, 0.29) is 29.0 Å². The average Bonchev–Trinajstić information content (AvgIpc) is 3.86. The molecule has 0 unspecified atom stereocenters. The van der Waals surface area contributed by atoms with Crippen LogP contribution in [-0.2, 0) is 24.6 Å². The number of sulfone groups is 1.